The molecule has 0 saturated carbocycles. The molecule has 7 heteroatoms. The van der Waals surface area contributed by atoms with E-state index < -0.39 is 17.9 Å². The summed E-state index contributed by atoms with van der Waals surface area (Å²) >= 11 is 15.3. The monoisotopic (exact) mass is 414 g/mol. The van der Waals surface area contributed by atoms with Gasteiger partial charge in [-0.05, 0) is 35.9 Å². The fraction of sp³-hybridized carbons (Fsp3) is 0.125. The maximum atomic E-state index is 12.3. The van der Waals surface area contributed by atoms with Crippen LogP contribution in [0.4, 0.5) is 0 Å². The number of primary amides is 1. The Kier molecular flexibility index (Phi) is 6.04. The zero-order chi connectivity index (χ0) is 17.0. The van der Waals surface area contributed by atoms with Gasteiger partial charge in [-0.1, -0.05) is 51.3 Å². The zero-order valence-corrected chi connectivity index (χ0v) is 15.0. The van der Waals surface area contributed by atoms with E-state index in [0.717, 1.165) is 10.0 Å². The highest BCUT2D eigenvalue weighted by Crippen LogP contribution is 2.23. The summed E-state index contributed by atoms with van der Waals surface area (Å²) in [6.45, 7) is 0. The first-order valence-electron chi connectivity index (χ1n) is 6.67. The van der Waals surface area contributed by atoms with Gasteiger partial charge in [0.1, 0.15) is 6.04 Å². The van der Waals surface area contributed by atoms with Crippen LogP contribution in [0, 0.1) is 0 Å². The van der Waals surface area contributed by atoms with E-state index in [9.17, 15) is 9.59 Å². The second-order valence-electron chi connectivity index (χ2n) is 4.85. The number of hydrogen-bond acceptors (Lipinski definition) is 2. The molecule has 0 aliphatic heterocycles. The van der Waals surface area contributed by atoms with Crippen molar-refractivity contribution in [1.29, 1.82) is 0 Å². The number of halogens is 3. The number of carbonyl (C=O) groups is 2. The molecule has 23 heavy (non-hydrogen) atoms. The molecule has 3 N–H and O–H groups in total. The van der Waals surface area contributed by atoms with Gasteiger partial charge in [0.15, 0.2) is 0 Å². The summed E-state index contributed by atoms with van der Waals surface area (Å²) < 4.78 is 0.778. The van der Waals surface area contributed by atoms with Gasteiger partial charge in [0.05, 0.1) is 10.6 Å². The molecule has 2 aromatic rings. The molecule has 2 rings (SSSR count). The first kappa shape index (κ1) is 17.8. The molecule has 2 aromatic carbocycles. The van der Waals surface area contributed by atoms with E-state index in [1.54, 1.807) is 42.5 Å². The third kappa shape index (κ3) is 4.70. The Morgan fingerprint density at radius 1 is 1.17 bits per heavy atom. The van der Waals surface area contributed by atoms with E-state index in [4.69, 9.17) is 28.9 Å². The average molecular weight is 416 g/mol. The number of carbonyl (C=O) groups excluding carboxylic acids is 2. The van der Waals surface area contributed by atoms with Crippen molar-refractivity contribution in [3.63, 3.8) is 0 Å². The van der Waals surface area contributed by atoms with E-state index in [-0.39, 0.29) is 12.0 Å². The van der Waals surface area contributed by atoms with Crippen molar-refractivity contribution < 1.29 is 9.59 Å². The molecule has 0 bridgehead atoms. The molecule has 2 amide bonds. The molecule has 0 spiro atoms. The van der Waals surface area contributed by atoms with Gasteiger partial charge in [0.25, 0.3) is 5.91 Å². The maximum Gasteiger partial charge on any atom is 0.253 e. The lowest BCUT2D eigenvalue weighted by atomic mass is 10.0. The van der Waals surface area contributed by atoms with Crippen LogP contribution in [0.3, 0.4) is 0 Å². The van der Waals surface area contributed by atoms with E-state index in [0.29, 0.717) is 10.0 Å². The Morgan fingerprint density at radius 2 is 1.87 bits per heavy atom. The smallest absolute Gasteiger partial charge is 0.253 e. The van der Waals surface area contributed by atoms with Gasteiger partial charge in [-0.2, -0.15) is 0 Å². The van der Waals surface area contributed by atoms with Crippen molar-refractivity contribution in [2.75, 3.05) is 0 Å². The highest BCUT2D eigenvalue weighted by Gasteiger charge is 2.21. The summed E-state index contributed by atoms with van der Waals surface area (Å²) in [6, 6.07) is 10.9. The number of nitrogens with two attached hydrogens (primary N) is 1. The standard InChI is InChI=1S/C16H13BrCl2N2O2/c17-12-6-5-10(18)7-9(12)8-14(15(20)22)21-16(23)11-3-1-2-4-13(11)19/h1-7,14H,8H2,(H2,20,22)(H,21,23)/t14-/m0/s1. The van der Waals surface area contributed by atoms with Crippen LogP contribution in [0.2, 0.25) is 10.0 Å². The Bertz CT molecular complexity index is 753. The van der Waals surface area contributed by atoms with E-state index in [2.05, 4.69) is 21.2 Å². The molecule has 0 heterocycles. The molecule has 1 atom stereocenters. The molecule has 0 aliphatic rings. The quantitative estimate of drug-likeness (QED) is 0.783. The third-order valence-electron chi connectivity index (χ3n) is 3.20. The van der Waals surface area contributed by atoms with Gasteiger partial charge >= 0.3 is 0 Å². The predicted molar refractivity (Wildman–Crippen MR) is 94.8 cm³/mol. The summed E-state index contributed by atoms with van der Waals surface area (Å²) in [4.78, 5) is 24.0. The van der Waals surface area contributed by atoms with Crippen molar-refractivity contribution in [2.24, 2.45) is 5.73 Å². The van der Waals surface area contributed by atoms with Gasteiger partial charge < -0.3 is 11.1 Å². The zero-order valence-electron chi connectivity index (χ0n) is 11.9. The molecule has 4 nitrogen and oxygen atoms in total. The number of benzene rings is 2. The summed E-state index contributed by atoms with van der Waals surface area (Å²) in [6.07, 6.45) is 0.215. The average Bonchev–Trinajstić information content (AvgIpc) is 2.50. The maximum absolute atomic E-state index is 12.3. The van der Waals surface area contributed by atoms with Crippen LogP contribution in [-0.4, -0.2) is 17.9 Å². The Balaban J connectivity index is 2.19. The Morgan fingerprint density at radius 3 is 2.52 bits per heavy atom. The molecule has 0 saturated heterocycles. The number of amides is 2. The summed E-state index contributed by atoms with van der Waals surface area (Å²) in [5.74, 6) is -1.10. The molecule has 0 radical (unpaired) electrons. The topological polar surface area (TPSA) is 72.2 Å². The number of nitrogens with one attached hydrogen (secondary N) is 1. The minimum atomic E-state index is -0.881. The van der Waals surface area contributed by atoms with Crippen LogP contribution < -0.4 is 11.1 Å². The van der Waals surface area contributed by atoms with Gasteiger partial charge in [-0.15, -0.1) is 0 Å². The lowest BCUT2D eigenvalue weighted by Crippen LogP contribution is -2.46. The second kappa shape index (κ2) is 7.81. The molecule has 120 valence electrons. The van der Waals surface area contributed by atoms with Crippen LogP contribution >= 0.6 is 39.1 Å². The minimum absolute atomic E-state index is 0.215. The normalized spacial score (nSPS) is 11.8. The van der Waals surface area contributed by atoms with Crippen molar-refractivity contribution in [2.45, 2.75) is 12.5 Å². The molecule has 0 aromatic heterocycles. The van der Waals surface area contributed by atoms with Crippen molar-refractivity contribution in [1.82, 2.24) is 5.32 Å². The first-order valence-corrected chi connectivity index (χ1v) is 8.22. The van der Waals surface area contributed by atoms with Crippen LogP contribution in [0.25, 0.3) is 0 Å². The van der Waals surface area contributed by atoms with Gasteiger partial charge in [0.2, 0.25) is 5.91 Å². The highest BCUT2D eigenvalue weighted by atomic mass is 79.9. The SMILES string of the molecule is NC(=O)[C@H](Cc1cc(Cl)ccc1Br)NC(=O)c1ccccc1Cl. The van der Waals surface area contributed by atoms with Crippen LogP contribution in [0.5, 0.6) is 0 Å². The Labute approximate surface area is 152 Å². The fourth-order valence-corrected chi connectivity index (χ4v) is 2.85. The fourth-order valence-electron chi connectivity index (χ4n) is 2.02. The largest absolute Gasteiger partial charge is 0.368 e. The molecular formula is C16H13BrCl2N2O2. The summed E-state index contributed by atoms with van der Waals surface area (Å²) in [5, 5.41) is 3.44. The van der Waals surface area contributed by atoms with Crippen LogP contribution in [0.1, 0.15) is 15.9 Å². The second-order valence-corrected chi connectivity index (χ2v) is 6.55. The summed E-state index contributed by atoms with van der Waals surface area (Å²) in [7, 11) is 0. The van der Waals surface area contributed by atoms with Gasteiger partial charge in [-0.25, -0.2) is 0 Å². The van der Waals surface area contributed by atoms with E-state index in [1.807, 2.05) is 0 Å². The Hall–Kier alpha value is -1.56. The lowest BCUT2D eigenvalue weighted by molar-refractivity contribution is -0.119. The van der Waals surface area contributed by atoms with Crippen molar-refractivity contribution >= 4 is 50.9 Å². The van der Waals surface area contributed by atoms with E-state index in [1.165, 1.54) is 0 Å². The first-order chi connectivity index (χ1) is 10.9. The number of hydrogen-bond donors (Lipinski definition) is 2. The number of rotatable bonds is 5. The van der Waals surface area contributed by atoms with Crippen molar-refractivity contribution in [3.8, 4) is 0 Å². The predicted octanol–water partition coefficient (Wildman–Crippen LogP) is 3.58. The van der Waals surface area contributed by atoms with Gasteiger partial charge in [0, 0.05) is 15.9 Å². The highest BCUT2D eigenvalue weighted by molar-refractivity contribution is 9.10. The van der Waals surface area contributed by atoms with Crippen LogP contribution in [-0.2, 0) is 11.2 Å². The minimum Gasteiger partial charge on any atom is -0.368 e. The molecule has 0 unspecified atom stereocenters. The molecular weight excluding hydrogens is 403 g/mol. The lowest BCUT2D eigenvalue weighted by Gasteiger charge is -2.17. The van der Waals surface area contributed by atoms with Crippen molar-refractivity contribution in [3.05, 3.63) is 68.1 Å². The van der Waals surface area contributed by atoms with Gasteiger partial charge in [-0.3, -0.25) is 9.59 Å². The van der Waals surface area contributed by atoms with E-state index >= 15 is 0 Å². The third-order valence-corrected chi connectivity index (χ3v) is 4.54. The summed E-state index contributed by atoms with van der Waals surface area (Å²) in [5.41, 5.74) is 6.45. The molecule has 0 aliphatic carbocycles. The molecule has 0 fully saturated rings. The van der Waals surface area contributed by atoms with Crippen LogP contribution in [0.15, 0.2) is 46.9 Å².